The number of terminal acetylenes is 1. The first-order valence-corrected chi connectivity index (χ1v) is 7.05. The van der Waals surface area contributed by atoms with Crippen LogP contribution in [0.15, 0.2) is 18.2 Å². The maximum absolute atomic E-state index is 5.36. The lowest BCUT2D eigenvalue weighted by atomic mass is 10.1. The van der Waals surface area contributed by atoms with Crippen LogP contribution < -0.4 is 5.32 Å². The van der Waals surface area contributed by atoms with Gasteiger partial charge in [-0.15, -0.1) is 6.42 Å². The van der Waals surface area contributed by atoms with Crippen molar-refractivity contribution >= 4 is 0 Å². The van der Waals surface area contributed by atoms with Crippen LogP contribution in [0.25, 0.3) is 0 Å². The zero-order valence-electron chi connectivity index (χ0n) is 11.4. The lowest BCUT2D eigenvalue weighted by Gasteiger charge is -2.33. The summed E-state index contributed by atoms with van der Waals surface area (Å²) in [4.78, 5) is 4.88. The third kappa shape index (κ3) is 2.98. The van der Waals surface area contributed by atoms with Crippen molar-refractivity contribution in [2.45, 2.75) is 19.6 Å². The summed E-state index contributed by atoms with van der Waals surface area (Å²) in [5.41, 5.74) is 4.37. The van der Waals surface area contributed by atoms with Crippen molar-refractivity contribution in [3.05, 3.63) is 34.9 Å². The fraction of sp³-hybridized carbons (Fsp3) is 0.500. The predicted molar refractivity (Wildman–Crippen MR) is 77.5 cm³/mol. The van der Waals surface area contributed by atoms with Gasteiger partial charge in [-0.2, -0.15) is 0 Å². The summed E-state index contributed by atoms with van der Waals surface area (Å²) in [6.45, 7) is 8.34. The first kappa shape index (κ1) is 12.7. The van der Waals surface area contributed by atoms with Crippen LogP contribution in [-0.4, -0.2) is 42.5 Å². The summed E-state index contributed by atoms with van der Waals surface area (Å²) >= 11 is 0. The average molecular weight is 255 g/mol. The Morgan fingerprint density at radius 2 is 1.79 bits per heavy atom. The topological polar surface area (TPSA) is 18.5 Å². The number of rotatable bonds is 3. The second kappa shape index (κ2) is 5.75. The molecule has 0 bridgehead atoms. The van der Waals surface area contributed by atoms with Crippen LogP contribution >= 0.6 is 0 Å². The Hall–Kier alpha value is -1.34. The van der Waals surface area contributed by atoms with Crippen molar-refractivity contribution < 1.29 is 0 Å². The minimum atomic E-state index is 0.790. The first-order chi connectivity index (χ1) is 9.35. The van der Waals surface area contributed by atoms with Crippen molar-refractivity contribution in [2.75, 3.05) is 32.7 Å². The van der Waals surface area contributed by atoms with Gasteiger partial charge in [-0.1, -0.05) is 24.1 Å². The largest absolute Gasteiger partial charge is 0.309 e. The standard InChI is InChI=1S/C16H21N3/c1-2-5-18-6-8-19(9-7-18)13-14-3-4-15-11-17-12-16(15)10-14/h1,3-4,10,17H,5-9,11-13H2. The molecule has 0 unspecified atom stereocenters. The molecule has 0 aromatic heterocycles. The van der Waals surface area contributed by atoms with Gasteiger partial charge < -0.3 is 5.32 Å². The van der Waals surface area contributed by atoms with E-state index in [-0.39, 0.29) is 0 Å². The van der Waals surface area contributed by atoms with Crippen molar-refractivity contribution in [1.29, 1.82) is 0 Å². The number of benzene rings is 1. The molecule has 3 heteroatoms. The van der Waals surface area contributed by atoms with Crippen molar-refractivity contribution in [3.8, 4) is 12.3 Å². The Balaban J connectivity index is 1.56. The van der Waals surface area contributed by atoms with Gasteiger partial charge in [-0.05, 0) is 16.7 Å². The highest BCUT2D eigenvalue weighted by molar-refractivity contribution is 5.34. The molecule has 100 valence electrons. The van der Waals surface area contributed by atoms with Gasteiger partial charge in [0.15, 0.2) is 0 Å². The quantitative estimate of drug-likeness (QED) is 0.814. The zero-order valence-corrected chi connectivity index (χ0v) is 11.4. The molecule has 0 amide bonds. The number of hydrogen-bond acceptors (Lipinski definition) is 3. The Labute approximate surface area is 115 Å². The second-order valence-corrected chi connectivity index (χ2v) is 5.46. The molecule has 0 radical (unpaired) electrons. The smallest absolute Gasteiger partial charge is 0.0599 e. The van der Waals surface area contributed by atoms with E-state index in [1.807, 2.05) is 0 Å². The van der Waals surface area contributed by atoms with Crippen molar-refractivity contribution in [3.63, 3.8) is 0 Å². The molecule has 3 rings (SSSR count). The summed E-state index contributed by atoms with van der Waals surface area (Å²) < 4.78 is 0. The first-order valence-electron chi connectivity index (χ1n) is 7.05. The predicted octanol–water partition coefficient (Wildman–Crippen LogP) is 1.04. The minimum absolute atomic E-state index is 0.790. The summed E-state index contributed by atoms with van der Waals surface area (Å²) in [6.07, 6.45) is 5.36. The Bertz CT molecular complexity index is 481. The van der Waals surface area contributed by atoms with E-state index in [1.54, 1.807) is 0 Å². The maximum Gasteiger partial charge on any atom is 0.0599 e. The highest BCUT2D eigenvalue weighted by Gasteiger charge is 2.17. The summed E-state index contributed by atoms with van der Waals surface area (Å²) in [7, 11) is 0. The van der Waals surface area contributed by atoms with Gasteiger partial charge in [0.2, 0.25) is 0 Å². The van der Waals surface area contributed by atoms with E-state index in [0.29, 0.717) is 0 Å². The summed E-state index contributed by atoms with van der Waals surface area (Å²) in [6, 6.07) is 6.92. The SMILES string of the molecule is C#CCN1CCN(Cc2ccc3c(c2)CNC3)CC1. The monoisotopic (exact) mass is 255 g/mol. The molecular weight excluding hydrogens is 234 g/mol. The molecule has 2 heterocycles. The van der Waals surface area contributed by atoms with Crippen LogP contribution in [0.3, 0.4) is 0 Å². The number of fused-ring (bicyclic) bond motifs is 1. The average Bonchev–Trinajstić information content (AvgIpc) is 2.89. The van der Waals surface area contributed by atoms with E-state index in [4.69, 9.17) is 6.42 Å². The van der Waals surface area contributed by atoms with Gasteiger partial charge in [-0.3, -0.25) is 9.80 Å². The third-order valence-electron chi connectivity index (χ3n) is 4.09. The van der Waals surface area contributed by atoms with Crippen molar-refractivity contribution in [1.82, 2.24) is 15.1 Å². The number of piperazine rings is 1. The van der Waals surface area contributed by atoms with Crippen molar-refractivity contribution in [2.24, 2.45) is 0 Å². The fourth-order valence-corrected chi connectivity index (χ4v) is 2.94. The van der Waals surface area contributed by atoms with Gasteiger partial charge in [0, 0.05) is 45.8 Å². The molecular formula is C16H21N3. The molecule has 1 aromatic rings. The van der Waals surface area contributed by atoms with Gasteiger partial charge >= 0.3 is 0 Å². The van der Waals surface area contributed by atoms with Crippen LogP contribution in [0.1, 0.15) is 16.7 Å². The summed E-state index contributed by atoms with van der Waals surface area (Å²) in [5.74, 6) is 2.73. The van der Waals surface area contributed by atoms with Crippen LogP contribution in [0.5, 0.6) is 0 Å². The van der Waals surface area contributed by atoms with E-state index in [2.05, 4.69) is 39.2 Å². The van der Waals surface area contributed by atoms with Crippen LogP contribution in [0.2, 0.25) is 0 Å². The zero-order chi connectivity index (χ0) is 13.1. The van der Waals surface area contributed by atoms with Gasteiger partial charge in [0.05, 0.1) is 6.54 Å². The van der Waals surface area contributed by atoms with E-state index in [0.717, 1.165) is 52.4 Å². The number of hydrogen-bond donors (Lipinski definition) is 1. The van der Waals surface area contributed by atoms with Gasteiger partial charge in [0.25, 0.3) is 0 Å². The normalized spacial score (nSPS) is 20.2. The molecule has 1 saturated heterocycles. The van der Waals surface area contributed by atoms with Gasteiger partial charge in [0.1, 0.15) is 0 Å². The number of nitrogens with one attached hydrogen (secondary N) is 1. The highest BCUT2D eigenvalue weighted by atomic mass is 15.3. The molecule has 1 aromatic carbocycles. The minimum Gasteiger partial charge on any atom is -0.309 e. The number of nitrogens with zero attached hydrogens (tertiary/aromatic N) is 2. The van der Waals surface area contributed by atoms with Gasteiger partial charge in [-0.25, -0.2) is 0 Å². The Kier molecular flexibility index (Phi) is 3.84. The van der Waals surface area contributed by atoms with E-state index in [9.17, 15) is 0 Å². The molecule has 2 aliphatic rings. The molecule has 2 aliphatic heterocycles. The van der Waals surface area contributed by atoms with E-state index < -0.39 is 0 Å². The lowest BCUT2D eigenvalue weighted by Crippen LogP contribution is -2.45. The molecule has 1 N–H and O–H groups in total. The van der Waals surface area contributed by atoms with Crippen LogP contribution in [0, 0.1) is 12.3 Å². The Morgan fingerprint density at radius 1 is 1.05 bits per heavy atom. The molecule has 19 heavy (non-hydrogen) atoms. The maximum atomic E-state index is 5.36. The molecule has 0 aliphatic carbocycles. The molecule has 0 atom stereocenters. The summed E-state index contributed by atoms with van der Waals surface area (Å²) in [5, 5.41) is 3.40. The van der Waals surface area contributed by atoms with Crippen LogP contribution in [0.4, 0.5) is 0 Å². The lowest BCUT2D eigenvalue weighted by molar-refractivity contribution is 0.138. The van der Waals surface area contributed by atoms with E-state index >= 15 is 0 Å². The highest BCUT2D eigenvalue weighted by Crippen LogP contribution is 2.18. The molecule has 3 nitrogen and oxygen atoms in total. The van der Waals surface area contributed by atoms with E-state index in [1.165, 1.54) is 16.7 Å². The molecule has 0 saturated carbocycles. The second-order valence-electron chi connectivity index (χ2n) is 5.46. The van der Waals surface area contributed by atoms with Crippen LogP contribution in [-0.2, 0) is 19.6 Å². The molecule has 1 fully saturated rings. The Morgan fingerprint density at radius 3 is 2.58 bits per heavy atom. The third-order valence-corrected chi connectivity index (χ3v) is 4.09. The fourth-order valence-electron chi connectivity index (χ4n) is 2.94. The molecule has 0 spiro atoms.